The minimum absolute atomic E-state index is 0.425. The molecule has 0 amide bonds. The van der Waals surface area contributed by atoms with E-state index in [9.17, 15) is 5.11 Å². The van der Waals surface area contributed by atoms with Crippen molar-refractivity contribution >= 4 is 0 Å². The summed E-state index contributed by atoms with van der Waals surface area (Å²) in [6, 6.07) is 11.9. The quantitative estimate of drug-likeness (QED) is 0.532. The van der Waals surface area contributed by atoms with Gasteiger partial charge < -0.3 is 14.3 Å². The van der Waals surface area contributed by atoms with Gasteiger partial charge in [-0.1, -0.05) is 31.2 Å². The van der Waals surface area contributed by atoms with E-state index in [0.717, 1.165) is 31.0 Å². The van der Waals surface area contributed by atoms with Crippen molar-refractivity contribution in [2.45, 2.75) is 44.9 Å². The van der Waals surface area contributed by atoms with E-state index in [4.69, 9.17) is 9.15 Å². The van der Waals surface area contributed by atoms with E-state index in [1.807, 2.05) is 24.3 Å². The zero-order valence-corrected chi connectivity index (χ0v) is 16.5. The van der Waals surface area contributed by atoms with Crippen molar-refractivity contribution in [3.8, 4) is 5.75 Å². The van der Waals surface area contributed by atoms with Crippen LogP contribution in [0.3, 0.4) is 0 Å². The SMILES string of the molecule is C=CCC(O)(CC=C)c1ccc(CN(CCC)Cc2cccc(OC)c2)o1. The lowest BCUT2D eigenvalue weighted by molar-refractivity contribution is 0.0186. The Hall–Kier alpha value is -2.30. The lowest BCUT2D eigenvalue weighted by atomic mass is 9.93. The first-order chi connectivity index (χ1) is 13.0. The summed E-state index contributed by atoms with van der Waals surface area (Å²) in [6.07, 6.45) is 5.31. The minimum atomic E-state index is -1.08. The molecule has 4 nitrogen and oxygen atoms in total. The molecule has 0 aliphatic heterocycles. The smallest absolute Gasteiger partial charge is 0.136 e. The third-order valence-corrected chi connectivity index (χ3v) is 4.54. The van der Waals surface area contributed by atoms with E-state index in [1.54, 1.807) is 19.3 Å². The number of hydrogen-bond donors (Lipinski definition) is 1. The minimum Gasteiger partial charge on any atom is -0.497 e. The second-order valence-electron chi connectivity index (χ2n) is 6.85. The number of methoxy groups -OCH3 is 1. The maximum absolute atomic E-state index is 10.9. The van der Waals surface area contributed by atoms with Gasteiger partial charge in [-0.3, -0.25) is 4.90 Å². The molecule has 0 radical (unpaired) electrons. The topological polar surface area (TPSA) is 45.8 Å². The molecule has 2 rings (SSSR count). The van der Waals surface area contributed by atoms with Crippen LogP contribution in [-0.4, -0.2) is 23.7 Å². The zero-order chi connectivity index (χ0) is 19.7. The summed E-state index contributed by atoms with van der Waals surface area (Å²) in [5, 5.41) is 10.9. The van der Waals surface area contributed by atoms with E-state index in [1.165, 1.54) is 5.56 Å². The van der Waals surface area contributed by atoms with E-state index < -0.39 is 5.60 Å². The predicted octanol–water partition coefficient (Wildman–Crippen LogP) is 5.04. The maximum atomic E-state index is 10.9. The van der Waals surface area contributed by atoms with Crippen molar-refractivity contribution < 1.29 is 14.3 Å². The van der Waals surface area contributed by atoms with Gasteiger partial charge in [-0.05, 0) is 42.8 Å². The normalized spacial score (nSPS) is 11.6. The van der Waals surface area contributed by atoms with Crippen LogP contribution in [0.5, 0.6) is 5.75 Å². The molecular weight excluding hydrogens is 338 g/mol. The molecule has 0 bridgehead atoms. The highest BCUT2D eigenvalue weighted by molar-refractivity contribution is 5.28. The zero-order valence-electron chi connectivity index (χ0n) is 16.5. The molecule has 1 aromatic carbocycles. The van der Waals surface area contributed by atoms with Crippen LogP contribution in [0.25, 0.3) is 0 Å². The molecule has 0 aliphatic rings. The van der Waals surface area contributed by atoms with Crippen LogP contribution in [-0.2, 0) is 18.7 Å². The van der Waals surface area contributed by atoms with Crippen molar-refractivity contribution in [3.63, 3.8) is 0 Å². The molecule has 1 heterocycles. The predicted molar refractivity (Wildman–Crippen MR) is 110 cm³/mol. The highest BCUT2D eigenvalue weighted by Crippen LogP contribution is 2.31. The molecule has 1 aromatic heterocycles. The summed E-state index contributed by atoms with van der Waals surface area (Å²) >= 11 is 0. The van der Waals surface area contributed by atoms with Gasteiger partial charge in [0.1, 0.15) is 22.9 Å². The number of ether oxygens (including phenoxy) is 1. The fourth-order valence-corrected chi connectivity index (χ4v) is 3.25. The first kappa shape index (κ1) is 21.0. The van der Waals surface area contributed by atoms with Crippen LogP contribution in [0.4, 0.5) is 0 Å². The molecule has 0 fully saturated rings. The van der Waals surface area contributed by atoms with Crippen LogP contribution in [0.1, 0.15) is 43.3 Å². The van der Waals surface area contributed by atoms with Crippen LogP contribution < -0.4 is 4.74 Å². The molecular formula is C23H31NO3. The Bertz CT molecular complexity index is 725. The van der Waals surface area contributed by atoms with Crippen LogP contribution in [0.15, 0.2) is 66.1 Å². The number of nitrogens with zero attached hydrogens (tertiary/aromatic N) is 1. The highest BCUT2D eigenvalue weighted by Gasteiger charge is 2.30. The van der Waals surface area contributed by atoms with Gasteiger partial charge in [0, 0.05) is 19.4 Å². The average molecular weight is 370 g/mol. The molecule has 146 valence electrons. The Morgan fingerprint density at radius 2 is 1.89 bits per heavy atom. The summed E-state index contributed by atoms with van der Waals surface area (Å²) in [5.74, 6) is 2.27. The summed E-state index contributed by atoms with van der Waals surface area (Å²) in [7, 11) is 1.68. The van der Waals surface area contributed by atoms with Gasteiger partial charge in [0.2, 0.25) is 0 Å². The second kappa shape index (κ2) is 10.1. The molecule has 27 heavy (non-hydrogen) atoms. The van der Waals surface area contributed by atoms with E-state index in [0.29, 0.717) is 25.1 Å². The first-order valence-electron chi connectivity index (χ1n) is 9.43. The molecule has 0 saturated carbocycles. The average Bonchev–Trinajstić information content (AvgIpc) is 3.12. The Morgan fingerprint density at radius 3 is 2.52 bits per heavy atom. The fraction of sp³-hybridized carbons (Fsp3) is 0.391. The van der Waals surface area contributed by atoms with Gasteiger partial charge in [0.05, 0.1) is 13.7 Å². The summed E-state index contributed by atoms with van der Waals surface area (Å²) in [6.45, 7) is 12.1. The second-order valence-corrected chi connectivity index (χ2v) is 6.85. The molecule has 0 atom stereocenters. The van der Waals surface area contributed by atoms with E-state index >= 15 is 0 Å². The van der Waals surface area contributed by atoms with Crippen molar-refractivity contribution in [3.05, 3.63) is 78.8 Å². The lowest BCUT2D eigenvalue weighted by Gasteiger charge is -2.23. The maximum Gasteiger partial charge on any atom is 0.136 e. The highest BCUT2D eigenvalue weighted by atomic mass is 16.5. The van der Waals surface area contributed by atoms with Gasteiger partial charge in [0.15, 0.2) is 0 Å². The molecule has 1 N–H and O–H groups in total. The van der Waals surface area contributed by atoms with Crippen LogP contribution in [0, 0.1) is 0 Å². The van der Waals surface area contributed by atoms with Crippen molar-refractivity contribution in [1.82, 2.24) is 4.90 Å². The molecule has 0 aliphatic carbocycles. The van der Waals surface area contributed by atoms with Crippen LogP contribution >= 0.6 is 0 Å². The Morgan fingerprint density at radius 1 is 1.15 bits per heavy atom. The third kappa shape index (κ3) is 5.84. The molecule has 0 saturated heterocycles. The van der Waals surface area contributed by atoms with Gasteiger partial charge in [-0.25, -0.2) is 0 Å². The number of benzene rings is 1. The third-order valence-electron chi connectivity index (χ3n) is 4.54. The van der Waals surface area contributed by atoms with Gasteiger partial charge in [-0.2, -0.15) is 0 Å². The standard InChI is InChI=1S/C23H31NO3/c1-5-13-23(25,14-6-2)22-12-11-21(27-22)18-24(15-7-3)17-19-9-8-10-20(16-19)26-4/h5-6,8-12,16,25H,1-2,7,13-15,17-18H2,3-4H3. The molecule has 0 unspecified atom stereocenters. The number of aliphatic hydroxyl groups is 1. The van der Waals surface area contributed by atoms with Crippen molar-refractivity contribution in [2.24, 2.45) is 0 Å². The van der Waals surface area contributed by atoms with Crippen LogP contribution in [0.2, 0.25) is 0 Å². The van der Waals surface area contributed by atoms with E-state index in [2.05, 4.69) is 37.1 Å². The summed E-state index contributed by atoms with van der Waals surface area (Å²) in [5.41, 5.74) is 0.119. The van der Waals surface area contributed by atoms with Crippen molar-refractivity contribution in [1.29, 1.82) is 0 Å². The monoisotopic (exact) mass is 369 g/mol. The van der Waals surface area contributed by atoms with Gasteiger partial charge >= 0.3 is 0 Å². The number of furan rings is 1. The Labute approximate surface area is 162 Å². The molecule has 0 spiro atoms. The molecule has 4 heteroatoms. The van der Waals surface area contributed by atoms with E-state index in [-0.39, 0.29) is 0 Å². The Balaban J connectivity index is 2.13. The summed E-state index contributed by atoms with van der Waals surface area (Å²) in [4.78, 5) is 2.33. The number of hydrogen-bond acceptors (Lipinski definition) is 4. The molecule has 2 aromatic rings. The Kier molecular flexibility index (Phi) is 7.89. The largest absolute Gasteiger partial charge is 0.497 e. The fourth-order valence-electron chi connectivity index (χ4n) is 3.25. The van der Waals surface area contributed by atoms with Gasteiger partial charge in [0.25, 0.3) is 0 Å². The lowest BCUT2D eigenvalue weighted by Crippen LogP contribution is -2.24. The van der Waals surface area contributed by atoms with Crippen molar-refractivity contribution in [2.75, 3.05) is 13.7 Å². The first-order valence-corrected chi connectivity index (χ1v) is 9.43. The number of rotatable bonds is 12. The summed E-state index contributed by atoms with van der Waals surface area (Å²) < 4.78 is 11.3. The van der Waals surface area contributed by atoms with Gasteiger partial charge in [-0.15, -0.1) is 13.2 Å².